The number of nitrogens with one attached hydrogen (secondary N) is 5. The maximum atomic E-state index is 14.3. The highest BCUT2D eigenvalue weighted by Gasteiger charge is 2.67. The summed E-state index contributed by atoms with van der Waals surface area (Å²) >= 11 is 3.32. The number of aromatic nitrogens is 1. The maximum absolute atomic E-state index is 14.3. The molecule has 4 aliphatic carbocycles. The lowest BCUT2D eigenvalue weighted by atomic mass is 9.33. The molecule has 3 aliphatic heterocycles. The Morgan fingerprint density at radius 2 is 1.55 bits per heavy atom. The Kier molecular flexibility index (Phi) is 22.7. The summed E-state index contributed by atoms with van der Waals surface area (Å²) in [5, 5.41) is 23.6. The molecule has 5 aromatic rings. The van der Waals surface area contributed by atoms with E-state index in [2.05, 4.69) is 78.6 Å². The number of carbonyl (C=O) groups is 5. The average molecular weight is 1390 g/mol. The van der Waals surface area contributed by atoms with Crippen molar-refractivity contribution in [2.45, 2.75) is 186 Å². The molecule has 4 aromatic carbocycles. The lowest BCUT2D eigenvalue weighted by molar-refractivity contribution is -0.167. The van der Waals surface area contributed by atoms with Gasteiger partial charge in [0.25, 0.3) is 15.9 Å². The molecular formula is C77H104N10O8S3. The van der Waals surface area contributed by atoms with Crippen LogP contribution in [-0.2, 0) is 29.2 Å². The third-order valence-corrected chi connectivity index (χ3v) is 25.0. The van der Waals surface area contributed by atoms with Crippen LogP contribution < -0.4 is 30.9 Å². The van der Waals surface area contributed by atoms with Crippen LogP contribution in [0.25, 0.3) is 10.4 Å². The molecule has 21 heteroatoms. The summed E-state index contributed by atoms with van der Waals surface area (Å²) < 4.78 is 29.9. The van der Waals surface area contributed by atoms with Crippen LogP contribution in [0.2, 0.25) is 0 Å². The third-order valence-electron chi connectivity index (χ3n) is 21.6. The molecule has 7 aliphatic rings. The van der Waals surface area contributed by atoms with Crippen molar-refractivity contribution in [3.63, 3.8) is 0 Å². The van der Waals surface area contributed by atoms with E-state index in [0.717, 1.165) is 108 Å². The van der Waals surface area contributed by atoms with Crippen molar-refractivity contribution >= 4 is 74.0 Å². The summed E-state index contributed by atoms with van der Waals surface area (Å²) in [5.74, 6) is -1.10. The number of allylic oxidation sites excluding steroid dienone is 1. The predicted octanol–water partition coefficient (Wildman–Crippen LogP) is 11.7. The number of thiazole rings is 1. The van der Waals surface area contributed by atoms with Crippen molar-refractivity contribution in [2.24, 2.45) is 27.6 Å². The molecule has 4 heterocycles. The van der Waals surface area contributed by atoms with Gasteiger partial charge in [-0.3, -0.25) is 28.9 Å². The number of benzene rings is 4. The number of rotatable bonds is 28. The Hall–Kier alpha value is -6.62. The number of sulfonamides is 1. The second-order valence-electron chi connectivity index (χ2n) is 31.3. The number of hydrogen-bond donors (Lipinski definition) is 6. The van der Waals surface area contributed by atoms with Crippen LogP contribution in [-0.4, -0.2) is 158 Å². The minimum absolute atomic E-state index is 0.00254. The maximum Gasteiger partial charge on any atom is 0.264 e. The summed E-state index contributed by atoms with van der Waals surface area (Å²) in [4.78, 5) is 83.9. The minimum Gasteiger partial charge on any atom is -0.391 e. The molecular weight excluding hydrogens is 1290 g/mol. The first-order valence-electron chi connectivity index (χ1n) is 35.6. The van der Waals surface area contributed by atoms with Gasteiger partial charge >= 0.3 is 0 Å². The average Bonchev–Trinajstić information content (AvgIpc) is 0.898. The Balaban J connectivity index is 0.598. The smallest absolute Gasteiger partial charge is 0.264 e. The number of aliphatic hydroxyl groups excluding tert-OH is 1. The van der Waals surface area contributed by atoms with E-state index in [1.54, 1.807) is 64.6 Å². The molecule has 12 rings (SSSR count). The number of β-amino-alcohol motifs (C(OH)–C–C–N with tert-alkyl or cyclic N) is 1. The van der Waals surface area contributed by atoms with Crippen molar-refractivity contribution in [3.05, 3.63) is 136 Å². The van der Waals surface area contributed by atoms with Gasteiger partial charge in [0.15, 0.2) is 0 Å². The molecule has 528 valence electrons. The molecule has 6 fully saturated rings. The number of aliphatic hydroxyl groups is 1. The van der Waals surface area contributed by atoms with Gasteiger partial charge in [-0.25, -0.2) is 18.1 Å². The molecule has 3 saturated heterocycles. The van der Waals surface area contributed by atoms with Gasteiger partial charge in [0, 0.05) is 105 Å². The number of aryl methyl sites for hydroxylation is 2. The fourth-order valence-electron chi connectivity index (χ4n) is 16.1. The molecule has 6 atom stereocenters. The van der Waals surface area contributed by atoms with Crippen molar-refractivity contribution < 1.29 is 37.5 Å². The fraction of sp³-hybridized carbons (Fsp3) is 0.558. The molecule has 98 heavy (non-hydrogen) atoms. The Morgan fingerprint density at radius 3 is 2.22 bits per heavy atom. The standard InChI is InChI=1S/C77H104N10O8S3/c1-51-40-63(98(94,95)83-71(91)56-23-25-60(26-24-56)86-38-36-85(37-39-86)43-57-29-32-75(7,8)42-64(57)77-47-76(9,48-77)49-77)27-28-65(51)81-59(46-96-62-16-12-10-13-17-62)31-35-84-34-30-58(44-84)70(90)78-33-15-11-14-18-67(89)82-69(74(4,5)6)73(93)87-45-61(88)41-66(87)72(92)80-52(2)54-19-21-55(22-20-54)68-53(3)79-50-97-68/h10,12-13,16-17,19-28,40,50,52,58-59,61,66,69,81,88H,11,14-15,18,29-39,41-49H2,1-9H3,(H,78,90)(H,80,92)(H,82,89)(H,83,91)/t52-,58+,59+,61+,66-,69+,76?,77?/m0/s1. The molecule has 0 spiro atoms. The number of nitrogens with zero attached hydrogens (tertiary/aromatic N) is 5. The summed E-state index contributed by atoms with van der Waals surface area (Å²) in [7, 11) is -4.20. The summed E-state index contributed by atoms with van der Waals surface area (Å²) in [6.07, 6.45) is 10.7. The van der Waals surface area contributed by atoms with Crippen LogP contribution in [0.4, 0.5) is 11.4 Å². The molecule has 0 radical (unpaired) electrons. The number of unbranched alkanes of at least 4 members (excludes halogenated alkanes) is 2. The van der Waals surface area contributed by atoms with E-state index in [1.807, 2.05) is 102 Å². The number of piperazine rings is 1. The van der Waals surface area contributed by atoms with Crippen LogP contribution >= 0.6 is 23.1 Å². The first-order valence-corrected chi connectivity index (χ1v) is 39.0. The van der Waals surface area contributed by atoms with Gasteiger partial charge in [-0.2, -0.15) is 0 Å². The van der Waals surface area contributed by atoms with E-state index < -0.39 is 45.4 Å². The van der Waals surface area contributed by atoms with Crippen molar-refractivity contribution in [1.29, 1.82) is 0 Å². The third kappa shape index (κ3) is 17.7. The molecule has 0 unspecified atom stereocenters. The molecule has 6 N–H and O–H groups in total. The monoisotopic (exact) mass is 1390 g/mol. The van der Waals surface area contributed by atoms with E-state index in [-0.39, 0.29) is 65.6 Å². The Bertz CT molecular complexity index is 3790. The number of anilines is 2. The van der Waals surface area contributed by atoms with Gasteiger partial charge in [0.05, 0.1) is 39.0 Å². The van der Waals surface area contributed by atoms with Crippen LogP contribution in [0.1, 0.15) is 165 Å². The lowest BCUT2D eigenvalue weighted by Crippen LogP contribution is -2.61. The van der Waals surface area contributed by atoms with Crippen LogP contribution in [0.3, 0.4) is 0 Å². The normalized spacial score (nSPS) is 23.5. The summed E-state index contributed by atoms with van der Waals surface area (Å²) in [6, 6.07) is 28.2. The van der Waals surface area contributed by atoms with Gasteiger partial charge < -0.3 is 41.1 Å². The number of carbonyl (C=O) groups excluding carboxylic acids is 5. The first kappa shape index (κ1) is 72.6. The van der Waals surface area contributed by atoms with E-state index in [9.17, 15) is 37.5 Å². The van der Waals surface area contributed by atoms with Gasteiger partial charge in [-0.05, 0) is 184 Å². The summed E-state index contributed by atoms with van der Waals surface area (Å²) in [5.41, 5.74) is 11.9. The molecule has 5 amide bonds. The molecule has 2 bridgehead atoms. The van der Waals surface area contributed by atoms with Crippen LogP contribution in [0.15, 0.2) is 124 Å². The zero-order valence-corrected chi connectivity index (χ0v) is 61.5. The van der Waals surface area contributed by atoms with Gasteiger partial charge in [-0.1, -0.05) is 102 Å². The molecule has 18 nitrogen and oxygen atoms in total. The molecule has 1 aromatic heterocycles. The van der Waals surface area contributed by atoms with Gasteiger partial charge in [0.1, 0.15) is 12.1 Å². The van der Waals surface area contributed by atoms with E-state index in [1.165, 1.54) is 43.4 Å². The van der Waals surface area contributed by atoms with Crippen LogP contribution in [0.5, 0.6) is 0 Å². The number of likely N-dealkylation sites (tertiary alicyclic amines) is 2. The Labute approximate surface area is 589 Å². The van der Waals surface area contributed by atoms with E-state index >= 15 is 0 Å². The number of amides is 5. The number of hydrogen-bond acceptors (Lipinski definition) is 15. The van der Waals surface area contributed by atoms with Crippen molar-refractivity contribution in [1.82, 2.24) is 40.4 Å². The van der Waals surface area contributed by atoms with Gasteiger partial charge in [-0.15, -0.1) is 23.1 Å². The van der Waals surface area contributed by atoms with E-state index in [0.29, 0.717) is 48.6 Å². The zero-order valence-electron chi connectivity index (χ0n) is 59.0. The topological polar surface area (TPSA) is 226 Å². The quantitative estimate of drug-likeness (QED) is 0.0156. The second-order valence-corrected chi connectivity index (χ2v) is 34.9. The SMILES string of the molecule is Cc1cc(S(=O)(=O)NC(=O)c2ccc(N3CCN(CC4=C(C56CC(C)(C5)C6)CC(C)(C)CC4)CC3)cc2)ccc1N[C@H](CCN1CC[C@@H](C(=O)NCCCCCC(=O)N[C@H](C(=O)N2C[C@H](O)C[C@H]2C(=O)N[C@@H](C)c2ccc(-c3scnc3C)cc2)C(C)(C)C)C1)CSc1ccccc1. The Morgan fingerprint density at radius 1 is 0.827 bits per heavy atom. The summed E-state index contributed by atoms with van der Waals surface area (Å²) in [6.45, 7) is 26.2. The van der Waals surface area contributed by atoms with Crippen molar-refractivity contribution in [3.8, 4) is 10.4 Å². The van der Waals surface area contributed by atoms with Gasteiger partial charge in [0.2, 0.25) is 23.6 Å². The predicted molar refractivity (Wildman–Crippen MR) is 392 cm³/mol. The second kappa shape index (κ2) is 30.7. The highest BCUT2D eigenvalue weighted by atomic mass is 32.2. The van der Waals surface area contributed by atoms with E-state index in [4.69, 9.17) is 0 Å². The van der Waals surface area contributed by atoms with Crippen LogP contribution in [0, 0.1) is 41.4 Å². The minimum atomic E-state index is -4.20. The highest BCUT2D eigenvalue weighted by Crippen LogP contribution is 2.77. The lowest BCUT2D eigenvalue weighted by Gasteiger charge is -2.72. The zero-order chi connectivity index (χ0) is 69.7. The number of thioether (sulfide) groups is 1. The van der Waals surface area contributed by atoms with Crippen molar-refractivity contribution in [2.75, 3.05) is 81.4 Å². The largest absolute Gasteiger partial charge is 0.391 e. The fourth-order valence-corrected chi connectivity index (χ4v) is 18.9. The first-order chi connectivity index (χ1) is 46.6. The highest BCUT2D eigenvalue weighted by molar-refractivity contribution is 7.99. The molecule has 3 saturated carbocycles.